The Balaban J connectivity index is 1.64. The highest BCUT2D eigenvalue weighted by molar-refractivity contribution is 7.09. The number of halogens is 1. The van der Waals surface area contributed by atoms with Gasteiger partial charge in [0, 0.05) is 24.0 Å². The molecule has 24 heavy (non-hydrogen) atoms. The molecule has 0 spiro atoms. The fourth-order valence-electron chi connectivity index (χ4n) is 2.74. The van der Waals surface area contributed by atoms with Crippen molar-refractivity contribution >= 4 is 28.8 Å². The van der Waals surface area contributed by atoms with Crippen LogP contribution >= 0.6 is 11.3 Å². The Morgan fingerprint density at radius 2 is 2.25 bits per heavy atom. The van der Waals surface area contributed by atoms with Crippen LogP contribution in [-0.2, 0) is 16.1 Å². The van der Waals surface area contributed by atoms with E-state index in [1.54, 1.807) is 19.1 Å². The monoisotopic (exact) mass is 347 g/mol. The van der Waals surface area contributed by atoms with Crippen molar-refractivity contribution in [3.05, 3.63) is 45.7 Å². The van der Waals surface area contributed by atoms with Gasteiger partial charge in [0.05, 0.1) is 18.2 Å². The van der Waals surface area contributed by atoms with Crippen molar-refractivity contribution in [2.45, 2.75) is 26.8 Å². The van der Waals surface area contributed by atoms with E-state index in [1.165, 1.54) is 22.3 Å². The van der Waals surface area contributed by atoms with Gasteiger partial charge in [-0.05, 0) is 31.5 Å². The summed E-state index contributed by atoms with van der Waals surface area (Å²) in [6.45, 7) is 4.23. The van der Waals surface area contributed by atoms with Crippen LogP contribution in [0.25, 0.3) is 0 Å². The Labute approximate surface area is 143 Å². The second kappa shape index (κ2) is 6.68. The topological polar surface area (TPSA) is 62.3 Å². The molecule has 5 nitrogen and oxygen atoms in total. The highest BCUT2D eigenvalue weighted by Gasteiger charge is 2.36. The van der Waals surface area contributed by atoms with Crippen molar-refractivity contribution in [3.63, 3.8) is 0 Å². The van der Waals surface area contributed by atoms with Gasteiger partial charge in [0.15, 0.2) is 0 Å². The number of carbonyl (C=O) groups is 2. The summed E-state index contributed by atoms with van der Waals surface area (Å²) < 4.78 is 14.1. The summed E-state index contributed by atoms with van der Waals surface area (Å²) in [7, 11) is 0. The smallest absolute Gasteiger partial charge is 0.227 e. The van der Waals surface area contributed by atoms with E-state index in [2.05, 4.69) is 10.3 Å². The van der Waals surface area contributed by atoms with Crippen LogP contribution in [0.5, 0.6) is 0 Å². The molecule has 1 saturated heterocycles. The average Bonchev–Trinajstić information content (AvgIpc) is 3.11. The predicted molar refractivity (Wildman–Crippen MR) is 90.3 cm³/mol. The van der Waals surface area contributed by atoms with Gasteiger partial charge in [-0.15, -0.1) is 11.3 Å². The Morgan fingerprint density at radius 3 is 2.92 bits per heavy atom. The molecule has 1 atom stereocenters. The maximum Gasteiger partial charge on any atom is 0.227 e. The first-order valence-corrected chi connectivity index (χ1v) is 8.57. The zero-order chi connectivity index (χ0) is 17.3. The lowest BCUT2D eigenvalue weighted by Crippen LogP contribution is -2.32. The Hall–Kier alpha value is -2.28. The molecule has 2 aromatic rings. The highest BCUT2D eigenvalue weighted by atomic mass is 32.1. The van der Waals surface area contributed by atoms with Gasteiger partial charge < -0.3 is 10.2 Å². The summed E-state index contributed by atoms with van der Waals surface area (Å²) in [6, 6.07) is 4.73. The minimum Gasteiger partial charge on any atom is -0.349 e. The van der Waals surface area contributed by atoms with E-state index in [9.17, 15) is 14.0 Å². The molecule has 0 radical (unpaired) electrons. The third kappa shape index (κ3) is 3.46. The Bertz CT molecular complexity index is 790. The van der Waals surface area contributed by atoms with Gasteiger partial charge in [-0.3, -0.25) is 9.59 Å². The van der Waals surface area contributed by atoms with Crippen molar-refractivity contribution in [3.8, 4) is 0 Å². The number of nitrogens with one attached hydrogen (secondary N) is 1. The number of carbonyl (C=O) groups excluding carboxylic acids is 2. The SMILES string of the molecule is Cc1ccc(N2C[C@H](C(=O)NCc3nc(C)cs3)CC2=O)c(F)c1. The quantitative estimate of drug-likeness (QED) is 0.925. The molecular weight excluding hydrogens is 329 g/mol. The second-order valence-corrected chi connectivity index (χ2v) is 6.90. The van der Waals surface area contributed by atoms with Gasteiger partial charge in [-0.2, -0.15) is 0 Å². The maximum absolute atomic E-state index is 14.1. The second-order valence-electron chi connectivity index (χ2n) is 5.96. The molecule has 0 unspecified atom stereocenters. The molecule has 0 saturated carbocycles. The molecule has 1 aliphatic heterocycles. The number of hydrogen-bond donors (Lipinski definition) is 1. The van der Waals surface area contributed by atoms with E-state index < -0.39 is 11.7 Å². The Morgan fingerprint density at radius 1 is 1.46 bits per heavy atom. The minimum atomic E-state index is -0.473. The number of nitrogens with zero attached hydrogens (tertiary/aromatic N) is 2. The van der Waals surface area contributed by atoms with Crippen LogP contribution in [0.2, 0.25) is 0 Å². The average molecular weight is 347 g/mol. The normalized spacial score (nSPS) is 17.4. The summed E-state index contributed by atoms with van der Waals surface area (Å²) in [5, 5.41) is 5.55. The first kappa shape index (κ1) is 16.6. The zero-order valence-corrected chi connectivity index (χ0v) is 14.3. The van der Waals surface area contributed by atoms with Gasteiger partial charge in [-0.25, -0.2) is 9.37 Å². The first-order valence-electron chi connectivity index (χ1n) is 7.69. The van der Waals surface area contributed by atoms with Crippen LogP contribution in [0.4, 0.5) is 10.1 Å². The van der Waals surface area contributed by atoms with Crippen LogP contribution in [0.15, 0.2) is 23.6 Å². The van der Waals surface area contributed by atoms with Crippen LogP contribution < -0.4 is 10.2 Å². The molecule has 2 amide bonds. The standard InChI is InChI=1S/C17H18FN3O2S/c1-10-3-4-14(13(18)5-10)21-8-12(6-16(21)22)17(23)19-7-15-20-11(2)9-24-15/h3-5,9,12H,6-8H2,1-2H3,(H,19,23)/t12-/m1/s1. The van der Waals surface area contributed by atoms with Crippen molar-refractivity contribution in [1.29, 1.82) is 0 Å². The molecule has 0 bridgehead atoms. The van der Waals surface area contributed by atoms with E-state index in [1.807, 2.05) is 12.3 Å². The van der Waals surface area contributed by atoms with Gasteiger partial charge in [-0.1, -0.05) is 6.07 Å². The molecular formula is C17H18FN3O2S. The summed E-state index contributed by atoms with van der Waals surface area (Å²) in [5.41, 5.74) is 1.94. The minimum absolute atomic E-state index is 0.0933. The number of amides is 2. The lowest BCUT2D eigenvalue weighted by atomic mass is 10.1. The van der Waals surface area contributed by atoms with Gasteiger partial charge in [0.25, 0.3) is 0 Å². The highest BCUT2D eigenvalue weighted by Crippen LogP contribution is 2.28. The van der Waals surface area contributed by atoms with Crippen molar-refractivity contribution in [2.75, 3.05) is 11.4 Å². The van der Waals surface area contributed by atoms with E-state index in [4.69, 9.17) is 0 Å². The molecule has 1 fully saturated rings. The molecule has 3 rings (SSSR count). The molecule has 1 aromatic heterocycles. The molecule has 1 aliphatic rings. The van der Waals surface area contributed by atoms with Gasteiger partial charge in [0.2, 0.25) is 11.8 Å². The number of hydrogen-bond acceptors (Lipinski definition) is 4. The first-order chi connectivity index (χ1) is 11.4. The number of benzene rings is 1. The van der Waals surface area contributed by atoms with E-state index >= 15 is 0 Å². The molecule has 1 aromatic carbocycles. The number of thiazole rings is 1. The predicted octanol–water partition coefficient (Wildman–Crippen LogP) is 2.57. The molecule has 7 heteroatoms. The number of aryl methyl sites for hydroxylation is 2. The summed E-state index contributed by atoms with van der Waals surface area (Å²) >= 11 is 1.48. The van der Waals surface area contributed by atoms with Crippen LogP contribution in [0.1, 0.15) is 22.7 Å². The maximum atomic E-state index is 14.1. The third-order valence-electron chi connectivity index (χ3n) is 3.97. The Kier molecular flexibility index (Phi) is 4.62. The number of aromatic nitrogens is 1. The van der Waals surface area contributed by atoms with Crippen LogP contribution in [0.3, 0.4) is 0 Å². The van der Waals surface area contributed by atoms with E-state index in [0.717, 1.165) is 16.3 Å². The fourth-order valence-corrected chi connectivity index (χ4v) is 3.45. The van der Waals surface area contributed by atoms with Gasteiger partial charge in [0.1, 0.15) is 10.8 Å². The number of rotatable bonds is 4. The van der Waals surface area contributed by atoms with Crippen molar-refractivity contribution in [2.24, 2.45) is 5.92 Å². The fraction of sp³-hybridized carbons (Fsp3) is 0.353. The summed E-state index contributed by atoms with van der Waals surface area (Å²) in [5.74, 6) is -1.35. The van der Waals surface area contributed by atoms with E-state index in [0.29, 0.717) is 6.54 Å². The lowest BCUT2D eigenvalue weighted by Gasteiger charge is -2.17. The summed E-state index contributed by atoms with van der Waals surface area (Å²) in [6.07, 6.45) is 0.0933. The molecule has 2 heterocycles. The molecule has 1 N–H and O–H groups in total. The van der Waals surface area contributed by atoms with Gasteiger partial charge >= 0.3 is 0 Å². The largest absolute Gasteiger partial charge is 0.349 e. The van der Waals surface area contributed by atoms with Crippen molar-refractivity contribution in [1.82, 2.24) is 10.3 Å². The lowest BCUT2D eigenvalue weighted by molar-refractivity contribution is -0.126. The molecule has 126 valence electrons. The van der Waals surface area contributed by atoms with E-state index in [-0.39, 0.29) is 30.5 Å². The van der Waals surface area contributed by atoms with Crippen LogP contribution in [-0.4, -0.2) is 23.3 Å². The zero-order valence-electron chi connectivity index (χ0n) is 13.5. The number of anilines is 1. The van der Waals surface area contributed by atoms with Crippen molar-refractivity contribution < 1.29 is 14.0 Å². The third-order valence-corrected chi connectivity index (χ3v) is 4.94. The molecule has 0 aliphatic carbocycles. The summed E-state index contributed by atoms with van der Waals surface area (Å²) in [4.78, 5) is 30.1. The van der Waals surface area contributed by atoms with Crippen LogP contribution in [0, 0.1) is 25.6 Å².